The van der Waals surface area contributed by atoms with E-state index < -0.39 is 0 Å². The Labute approximate surface area is 179 Å². The number of amides is 1. The first-order valence-corrected chi connectivity index (χ1v) is 11.1. The highest BCUT2D eigenvalue weighted by molar-refractivity contribution is 7.99. The molecule has 4 nitrogen and oxygen atoms in total. The molecule has 0 unspecified atom stereocenters. The average Bonchev–Trinajstić information content (AvgIpc) is 2.82. The summed E-state index contributed by atoms with van der Waals surface area (Å²) >= 11 is 1.44. The lowest BCUT2D eigenvalue weighted by Crippen LogP contribution is -2.36. The van der Waals surface area contributed by atoms with Gasteiger partial charge in [-0.15, -0.1) is 10.2 Å². The quantitative estimate of drug-likeness (QED) is 0.424. The monoisotopic (exact) mass is 411 g/mol. The second-order valence-electron chi connectivity index (χ2n) is 7.39. The third-order valence-corrected chi connectivity index (χ3v) is 6.34. The Morgan fingerprint density at radius 2 is 1.73 bits per heavy atom. The first-order valence-electron chi connectivity index (χ1n) is 10.1. The Bertz CT molecular complexity index is 1210. The van der Waals surface area contributed by atoms with Gasteiger partial charge in [0.1, 0.15) is 5.03 Å². The third-order valence-electron chi connectivity index (χ3n) is 5.44. The van der Waals surface area contributed by atoms with Gasteiger partial charge in [0.25, 0.3) is 0 Å². The summed E-state index contributed by atoms with van der Waals surface area (Å²) in [5, 5.41) is 11.9. The van der Waals surface area contributed by atoms with Gasteiger partial charge in [0.2, 0.25) is 5.91 Å². The number of carbonyl (C=O) groups is 1. The highest BCUT2D eigenvalue weighted by Crippen LogP contribution is 2.28. The molecule has 0 N–H and O–H groups in total. The maximum atomic E-state index is 12.8. The van der Waals surface area contributed by atoms with Crippen LogP contribution < -0.4 is 4.90 Å². The van der Waals surface area contributed by atoms with Crippen LogP contribution in [0.4, 0.5) is 5.69 Å². The van der Waals surface area contributed by atoms with Crippen molar-refractivity contribution in [2.75, 3.05) is 17.2 Å². The SMILES string of the molecule is O=C(CSc1ccc(-c2ccc3ccccc3c2)nn1)N1CCCc2ccccc21. The summed E-state index contributed by atoms with van der Waals surface area (Å²) in [5.74, 6) is 0.478. The zero-order chi connectivity index (χ0) is 20.3. The van der Waals surface area contributed by atoms with Gasteiger partial charge in [-0.2, -0.15) is 0 Å². The van der Waals surface area contributed by atoms with Crippen LogP contribution in [-0.4, -0.2) is 28.4 Å². The summed E-state index contributed by atoms with van der Waals surface area (Å²) in [7, 11) is 0. The van der Waals surface area contributed by atoms with Crippen LogP contribution >= 0.6 is 11.8 Å². The number of benzene rings is 3. The summed E-state index contributed by atoms with van der Waals surface area (Å²) in [6.45, 7) is 0.781. The lowest BCUT2D eigenvalue weighted by Gasteiger charge is -2.29. The van der Waals surface area contributed by atoms with Gasteiger partial charge in [-0.25, -0.2) is 0 Å². The summed E-state index contributed by atoms with van der Waals surface area (Å²) in [6, 6.07) is 26.7. The van der Waals surface area contributed by atoms with E-state index in [-0.39, 0.29) is 5.91 Å². The van der Waals surface area contributed by atoms with Crippen LogP contribution in [0.3, 0.4) is 0 Å². The van der Waals surface area contributed by atoms with Crippen LogP contribution in [0.2, 0.25) is 0 Å². The number of fused-ring (bicyclic) bond motifs is 2. The second kappa shape index (κ2) is 8.28. The zero-order valence-corrected chi connectivity index (χ0v) is 17.3. The molecule has 0 fully saturated rings. The van der Waals surface area contributed by atoms with Gasteiger partial charge >= 0.3 is 0 Å². The summed E-state index contributed by atoms with van der Waals surface area (Å²) < 4.78 is 0. The fourth-order valence-electron chi connectivity index (χ4n) is 3.91. The Balaban J connectivity index is 1.27. The van der Waals surface area contributed by atoms with Crippen molar-refractivity contribution < 1.29 is 4.79 Å². The van der Waals surface area contributed by atoms with Crippen molar-refractivity contribution in [2.45, 2.75) is 17.9 Å². The van der Waals surface area contributed by atoms with Crippen molar-refractivity contribution in [1.29, 1.82) is 0 Å². The fraction of sp³-hybridized carbons (Fsp3) is 0.160. The summed E-state index contributed by atoms with van der Waals surface area (Å²) in [6.07, 6.45) is 2.04. The number of para-hydroxylation sites is 1. The largest absolute Gasteiger partial charge is 0.311 e. The number of aromatic nitrogens is 2. The summed E-state index contributed by atoms with van der Waals surface area (Å²) in [4.78, 5) is 14.7. The molecular weight excluding hydrogens is 390 g/mol. The van der Waals surface area contributed by atoms with E-state index in [2.05, 4.69) is 46.6 Å². The lowest BCUT2D eigenvalue weighted by molar-refractivity contribution is -0.116. The number of nitrogens with zero attached hydrogens (tertiary/aromatic N) is 3. The number of thioether (sulfide) groups is 1. The molecule has 2 heterocycles. The average molecular weight is 412 g/mol. The van der Waals surface area contributed by atoms with Crippen molar-refractivity contribution in [2.24, 2.45) is 0 Å². The molecule has 5 heteroatoms. The topological polar surface area (TPSA) is 46.1 Å². The summed E-state index contributed by atoms with van der Waals surface area (Å²) in [5.41, 5.74) is 4.17. The van der Waals surface area contributed by atoms with E-state index in [1.807, 2.05) is 47.4 Å². The minimum absolute atomic E-state index is 0.118. The van der Waals surface area contributed by atoms with E-state index >= 15 is 0 Å². The first kappa shape index (κ1) is 18.8. The molecule has 0 spiro atoms. The van der Waals surface area contributed by atoms with Gasteiger partial charge in [-0.3, -0.25) is 4.79 Å². The molecule has 0 aliphatic carbocycles. The standard InChI is InChI=1S/C25H21N3OS/c29-25(28-15-5-9-19-7-3-4-10-23(19)28)17-30-24-14-13-22(26-27-24)21-12-11-18-6-1-2-8-20(18)16-21/h1-4,6-8,10-14,16H,5,9,15,17H2. The van der Waals surface area contributed by atoms with Crippen LogP contribution in [0.15, 0.2) is 83.9 Å². The molecular formula is C25H21N3OS. The molecule has 1 aliphatic rings. The molecule has 1 aliphatic heterocycles. The van der Waals surface area contributed by atoms with E-state index in [9.17, 15) is 4.79 Å². The maximum Gasteiger partial charge on any atom is 0.237 e. The molecule has 30 heavy (non-hydrogen) atoms. The third kappa shape index (κ3) is 3.81. The highest BCUT2D eigenvalue weighted by atomic mass is 32.2. The molecule has 1 amide bonds. The molecule has 0 radical (unpaired) electrons. The molecule has 0 saturated carbocycles. The van der Waals surface area contributed by atoms with Crippen molar-refractivity contribution in [3.05, 3.63) is 84.4 Å². The van der Waals surface area contributed by atoms with Crippen LogP contribution in [0.1, 0.15) is 12.0 Å². The zero-order valence-electron chi connectivity index (χ0n) is 16.5. The van der Waals surface area contributed by atoms with Gasteiger partial charge in [-0.1, -0.05) is 66.4 Å². The van der Waals surface area contributed by atoms with E-state index in [0.29, 0.717) is 5.75 Å². The first-order chi connectivity index (χ1) is 14.8. The Morgan fingerprint density at radius 1 is 0.900 bits per heavy atom. The molecule has 0 bridgehead atoms. The predicted molar refractivity (Wildman–Crippen MR) is 123 cm³/mol. The number of carbonyl (C=O) groups excluding carboxylic acids is 1. The minimum atomic E-state index is 0.118. The van der Waals surface area contributed by atoms with Gasteiger partial charge in [0.15, 0.2) is 0 Å². The maximum absolute atomic E-state index is 12.8. The highest BCUT2D eigenvalue weighted by Gasteiger charge is 2.22. The number of hydrogen-bond donors (Lipinski definition) is 0. The van der Waals surface area contributed by atoms with E-state index in [0.717, 1.165) is 41.4 Å². The molecule has 4 aromatic rings. The second-order valence-corrected chi connectivity index (χ2v) is 8.38. The van der Waals surface area contributed by atoms with Crippen LogP contribution in [0, 0.1) is 0 Å². The molecule has 3 aromatic carbocycles. The number of hydrogen-bond acceptors (Lipinski definition) is 4. The van der Waals surface area contributed by atoms with Gasteiger partial charge in [-0.05, 0) is 53.4 Å². The normalized spacial score (nSPS) is 13.3. The Morgan fingerprint density at radius 3 is 2.60 bits per heavy atom. The smallest absolute Gasteiger partial charge is 0.237 e. The Kier molecular flexibility index (Phi) is 5.20. The van der Waals surface area contributed by atoms with Gasteiger partial charge < -0.3 is 4.90 Å². The van der Waals surface area contributed by atoms with Crippen LogP contribution in [0.25, 0.3) is 22.0 Å². The van der Waals surface area contributed by atoms with Gasteiger partial charge in [0.05, 0.1) is 11.4 Å². The lowest BCUT2D eigenvalue weighted by atomic mass is 10.0. The minimum Gasteiger partial charge on any atom is -0.311 e. The van der Waals surface area contributed by atoms with Crippen LogP contribution in [-0.2, 0) is 11.2 Å². The van der Waals surface area contributed by atoms with Crippen molar-refractivity contribution >= 4 is 34.1 Å². The fourth-order valence-corrected chi connectivity index (χ4v) is 4.60. The molecule has 0 atom stereocenters. The van der Waals surface area contributed by atoms with Gasteiger partial charge in [0, 0.05) is 17.8 Å². The van der Waals surface area contributed by atoms with Crippen molar-refractivity contribution in [3.63, 3.8) is 0 Å². The molecule has 148 valence electrons. The Hall–Kier alpha value is -3.18. The van der Waals surface area contributed by atoms with Crippen molar-refractivity contribution in [3.8, 4) is 11.3 Å². The van der Waals surface area contributed by atoms with Crippen molar-refractivity contribution in [1.82, 2.24) is 10.2 Å². The van der Waals surface area contributed by atoms with E-state index in [1.165, 1.54) is 28.1 Å². The number of anilines is 1. The number of aryl methyl sites for hydroxylation is 1. The van der Waals surface area contributed by atoms with Crippen LogP contribution in [0.5, 0.6) is 0 Å². The number of rotatable bonds is 4. The molecule has 5 rings (SSSR count). The van der Waals surface area contributed by atoms with E-state index in [4.69, 9.17) is 0 Å². The molecule has 0 saturated heterocycles. The van der Waals surface area contributed by atoms with E-state index in [1.54, 1.807) is 0 Å². The molecule has 1 aromatic heterocycles. The predicted octanol–water partition coefficient (Wildman–Crippen LogP) is 5.37.